The van der Waals surface area contributed by atoms with Crippen LogP contribution in [0.5, 0.6) is 0 Å². The van der Waals surface area contributed by atoms with Crippen molar-refractivity contribution < 1.29 is 23.2 Å². The van der Waals surface area contributed by atoms with Gasteiger partial charge in [0.2, 0.25) is 0 Å². The molecule has 0 radical (unpaired) electrons. The van der Waals surface area contributed by atoms with Gasteiger partial charge in [-0.2, -0.15) is 0 Å². The Morgan fingerprint density at radius 1 is 1.50 bits per heavy atom. The second-order valence-electron chi connectivity index (χ2n) is 0.266. The summed E-state index contributed by atoms with van der Waals surface area (Å²) in [5.74, 6) is 0. The van der Waals surface area contributed by atoms with Gasteiger partial charge in [-0.3, -0.25) is 0 Å². The van der Waals surface area contributed by atoms with Crippen LogP contribution < -0.4 is 0 Å². The van der Waals surface area contributed by atoms with Gasteiger partial charge in [0.15, 0.2) is 0 Å². The molecule has 0 aliphatic rings. The molecule has 0 unspecified atom stereocenters. The zero-order valence-electron chi connectivity index (χ0n) is 1.76. The second kappa shape index (κ2) is 2.01. The van der Waals surface area contributed by atoms with E-state index in [0.29, 0.717) is 0 Å². The normalized spacial score (nSPS) is 3.50. The summed E-state index contributed by atoms with van der Waals surface area (Å²) in [5, 5.41) is 0. The molecule has 0 rings (SSSR count). The van der Waals surface area contributed by atoms with Crippen LogP contribution >= 0.6 is 6.55 Å². The summed E-state index contributed by atoms with van der Waals surface area (Å²) in [7, 11) is 0. The van der Waals surface area contributed by atoms with Gasteiger partial charge in [0.25, 0.3) is 0 Å². The molecule has 0 spiro atoms. The van der Waals surface area contributed by atoms with E-state index >= 15 is 0 Å². The van der Waals surface area contributed by atoms with E-state index in [9.17, 15) is 0 Å². The first-order chi connectivity index (χ1) is 1.73. The van der Waals surface area contributed by atoms with Crippen LogP contribution in [0.2, 0.25) is 0 Å². The zero-order chi connectivity index (χ0) is 3.58. The van der Waals surface area contributed by atoms with Crippen LogP contribution in [0.25, 0.3) is 0 Å². The third-order valence-corrected chi connectivity index (χ3v) is 0. The molecular formula is O2PTi. The Morgan fingerprint density at radius 2 is 1.50 bits per heavy atom. The van der Waals surface area contributed by atoms with Crippen LogP contribution in [-0.4, -0.2) is 0 Å². The van der Waals surface area contributed by atoms with Crippen molar-refractivity contribution in [1.29, 1.82) is 0 Å². The van der Waals surface area contributed by atoms with Gasteiger partial charge in [-0.05, 0) is 0 Å². The number of hydrogen-bond acceptors (Lipinski definition) is 2. The molecule has 0 atom stereocenters. The molecule has 0 aromatic rings. The Labute approximate surface area is 30.3 Å². The van der Waals surface area contributed by atoms with Crippen LogP contribution in [0.4, 0.5) is 0 Å². The number of rotatable bonds is 0. The van der Waals surface area contributed by atoms with Gasteiger partial charge in [-0.1, -0.05) is 0 Å². The second-order valence-corrected chi connectivity index (χ2v) is 2.60. The fourth-order valence-corrected chi connectivity index (χ4v) is 0. The fourth-order valence-electron chi connectivity index (χ4n) is 0. The van der Waals surface area contributed by atoms with Crippen LogP contribution in [0.3, 0.4) is 0 Å². The van der Waals surface area contributed by atoms with Gasteiger partial charge in [0, 0.05) is 0 Å². The molecule has 0 aromatic carbocycles. The van der Waals surface area contributed by atoms with E-state index in [0.717, 1.165) is 0 Å². The summed E-state index contributed by atoms with van der Waals surface area (Å²) in [6.45, 7) is 3.02. The van der Waals surface area contributed by atoms with E-state index in [4.69, 9.17) is 6.65 Å². The quantitative estimate of drug-likeness (QED) is 0.339. The molecule has 21 valence electrons. The maximum absolute atomic E-state index is 9.00. The zero-order valence-corrected chi connectivity index (χ0v) is 4.22. The fraction of sp³-hybridized carbons (Fsp3) is 0. The van der Waals surface area contributed by atoms with Gasteiger partial charge >= 0.3 is 29.8 Å². The van der Waals surface area contributed by atoms with Crippen LogP contribution in [-0.2, 0) is 23.2 Å². The molecule has 0 fully saturated rings. The summed E-state index contributed by atoms with van der Waals surface area (Å²) in [6, 6.07) is 0. The SMILES string of the molecule is [O]=[Ti](=[O])#[P]. The summed E-state index contributed by atoms with van der Waals surface area (Å²) in [6.07, 6.45) is 0. The van der Waals surface area contributed by atoms with Crippen LogP contribution in [0, 0.1) is 0 Å². The van der Waals surface area contributed by atoms with E-state index in [-0.39, 0.29) is 0 Å². The average molecular weight is 111 g/mol. The van der Waals surface area contributed by atoms with E-state index in [1.54, 1.807) is 0 Å². The van der Waals surface area contributed by atoms with E-state index in [1.807, 2.05) is 0 Å². The van der Waals surface area contributed by atoms with Gasteiger partial charge in [0.1, 0.15) is 0 Å². The molecule has 0 amide bonds. The first-order valence-electron chi connectivity index (χ1n) is 0.632. The van der Waals surface area contributed by atoms with Crippen LogP contribution in [0.15, 0.2) is 0 Å². The summed E-state index contributed by atoms with van der Waals surface area (Å²) < 4.78 is 18.0. The summed E-state index contributed by atoms with van der Waals surface area (Å²) in [5.41, 5.74) is 0. The molecular weight excluding hydrogens is 111 g/mol. The van der Waals surface area contributed by atoms with Gasteiger partial charge in [0.05, 0.1) is 0 Å². The Balaban J connectivity index is 5.24. The van der Waals surface area contributed by atoms with Crippen molar-refractivity contribution in [2.45, 2.75) is 0 Å². The van der Waals surface area contributed by atoms with Crippen molar-refractivity contribution in [3.63, 3.8) is 0 Å². The van der Waals surface area contributed by atoms with Crippen molar-refractivity contribution in [3.8, 4) is 0 Å². The van der Waals surface area contributed by atoms with E-state index in [1.165, 1.54) is 0 Å². The maximum atomic E-state index is 9.00. The van der Waals surface area contributed by atoms with Crippen molar-refractivity contribution in [1.82, 2.24) is 0 Å². The van der Waals surface area contributed by atoms with E-state index < -0.39 is 16.6 Å². The number of hydrogen-bond donors (Lipinski definition) is 0. The average Bonchev–Trinajstić information content (AvgIpc) is 0.811. The van der Waals surface area contributed by atoms with Crippen LogP contribution in [0.1, 0.15) is 0 Å². The van der Waals surface area contributed by atoms with Gasteiger partial charge in [-0.15, -0.1) is 0 Å². The standard InChI is InChI=1S/2O.P.Ti. The third-order valence-electron chi connectivity index (χ3n) is 0. The predicted molar refractivity (Wildman–Crippen MR) is 8.29 cm³/mol. The molecule has 0 heterocycles. The Bertz CT molecular complexity index is 133. The van der Waals surface area contributed by atoms with Gasteiger partial charge < -0.3 is 0 Å². The Kier molecular flexibility index (Phi) is 2.39. The molecule has 0 aliphatic heterocycles. The summed E-state index contributed by atoms with van der Waals surface area (Å²) in [4.78, 5) is 0. The topological polar surface area (TPSA) is 34.1 Å². The molecule has 0 bridgehead atoms. The molecule has 0 saturated heterocycles. The van der Waals surface area contributed by atoms with Crippen molar-refractivity contribution in [2.24, 2.45) is 0 Å². The van der Waals surface area contributed by atoms with Gasteiger partial charge in [-0.25, -0.2) is 0 Å². The molecule has 0 saturated carbocycles. The minimum absolute atomic E-state index is 3.02. The predicted octanol–water partition coefficient (Wildman–Crippen LogP) is 0.621. The third kappa shape index (κ3) is 15.1. The van der Waals surface area contributed by atoms with Crippen molar-refractivity contribution >= 4 is 6.55 Å². The molecule has 0 aromatic heterocycles. The van der Waals surface area contributed by atoms with Crippen molar-refractivity contribution in [2.75, 3.05) is 0 Å². The molecule has 0 N–H and O–H groups in total. The Hall–Kier alpha value is 0.744. The monoisotopic (exact) mass is 111 g/mol. The molecule has 4 heavy (non-hydrogen) atoms. The first-order valence-corrected chi connectivity index (χ1v) is 4.45. The summed E-state index contributed by atoms with van der Waals surface area (Å²) >= 11 is -3.14. The van der Waals surface area contributed by atoms with Crippen molar-refractivity contribution in [3.05, 3.63) is 0 Å². The molecule has 4 heteroatoms. The molecule has 0 aliphatic carbocycles. The molecule has 2 nitrogen and oxygen atoms in total. The van der Waals surface area contributed by atoms with E-state index in [2.05, 4.69) is 6.55 Å². The Morgan fingerprint density at radius 3 is 1.50 bits per heavy atom. The minimum atomic E-state index is -3.14. The first kappa shape index (κ1) is 4.74.